The Labute approximate surface area is 123 Å². The van der Waals surface area contributed by atoms with Gasteiger partial charge in [0.05, 0.1) is 28.6 Å². The first-order valence-corrected chi connectivity index (χ1v) is 8.59. The molecule has 1 aromatic heterocycles. The third-order valence-corrected chi connectivity index (χ3v) is 5.00. The molecule has 116 valence electrons. The van der Waals surface area contributed by atoms with E-state index in [0.29, 0.717) is 31.0 Å². The quantitative estimate of drug-likeness (QED) is 0.623. The van der Waals surface area contributed by atoms with Gasteiger partial charge >= 0.3 is 0 Å². The summed E-state index contributed by atoms with van der Waals surface area (Å²) in [5.41, 5.74) is -0.0492. The van der Waals surface area contributed by atoms with Crippen molar-refractivity contribution >= 4 is 27.2 Å². The zero-order chi connectivity index (χ0) is 15.5. The molecule has 2 N–H and O–H groups in total. The lowest BCUT2D eigenvalue weighted by Gasteiger charge is -2.23. The van der Waals surface area contributed by atoms with Crippen LogP contribution in [0.3, 0.4) is 0 Å². The maximum atomic E-state index is 11.4. The summed E-state index contributed by atoms with van der Waals surface area (Å²) in [4.78, 5) is 14.7. The smallest absolute Gasteiger partial charge is 0.276 e. The first-order valence-electron chi connectivity index (χ1n) is 6.77. The van der Waals surface area contributed by atoms with Crippen molar-refractivity contribution in [2.45, 2.75) is 25.8 Å². The van der Waals surface area contributed by atoms with Crippen molar-refractivity contribution in [2.75, 3.05) is 28.7 Å². The van der Waals surface area contributed by atoms with Crippen LogP contribution in [0.5, 0.6) is 0 Å². The molecule has 2 heterocycles. The van der Waals surface area contributed by atoms with Crippen molar-refractivity contribution in [1.82, 2.24) is 4.98 Å². The fourth-order valence-electron chi connectivity index (χ4n) is 2.21. The van der Waals surface area contributed by atoms with Crippen LogP contribution in [0, 0.1) is 10.1 Å². The lowest BCUT2D eigenvalue weighted by Crippen LogP contribution is -2.32. The first-order chi connectivity index (χ1) is 9.89. The highest BCUT2D eigenvalue weighted by Gasteiger charge is 2.24. The maximum Gasteiger partial charge on any atom is 0.276 e. The number of nitro groups is 1. The minimum atomic E-state index is -2.93. The second kappa shape index (κ2) is 6.25. The van der Waals surface area contributed by atoms with Gasteiger partial charge in [0.2, 0.25) is 0 Å². The Hall–Kier alpha value is -1.90. The van der Waals surface area contributed by atoms with Crippen LogP contribution in [0.15, 0.2) is 12.1 Å². The molecule has 0 amide bonds. The number of sulfone groups is 1. The summed E-state index contributed by atoms with van der Waals surface area (Å²) in [5.74, 6) is 1.10. The molecule has 1 aliphatic heterocycles. The summed E-state index contributed by atoms with van der Waals surface area (Å²) < 4.78 is 22.8. The van der Waals surface area contributed by atoms with Crippen molar-refractivity contribution in [3.63, 3.8) is 0 Å². The number of hydrogen-bond acceptors (Lipinski definition) is 7. The van der Waals surface area contributed by atoms with Gasteiger partial charge in [-0.05, 0) is 19.8 Å². The third kappa shape index (κ3) is 4.28. The monoisotopic (exact) mass is 314 g/mol. The van der Waals surface area contributed by atoms with Gasteiger partial charge in [-0.25, -0.2) is 13.4 Å². The summed E-state index contributed by atoms with van der Waals surface area (Å²) in [6.07, 6.45) is 0.979. The van der Waals surface area contributed by atoms with Crippen LogP contribution in [-0.4, -0.2) is 42.4 Å². The Balaban J connectivity index is 2.13. The Bertz CT molecular complexity index is 618. The Kier molecular flexibility index (Phi) is 4.61. The molecule has 9 heteroatoms. The van der Waals surface area contributed by atoms with Crippen molar-refractivity contribution in [3.05, 3.63) is 22.2 Å². The van der Waals surface area contributed by atoms with E-state index in [1.165, 1.54) is 12.1 Å². The molecule has 0 atom stereocenters. The van der Waals surface area contributed by atoms with Crippen molar-refractivity contribution in [2.24, 2.45) is 0 Å². The van der Waals surface area contributed by atoms with E-state index in [1.807, 2.05) is 6.92 Å². The fourth-order valence-corrected chi connectivity index (χ4v) is 3.70. The minimum absolute atomic E-state index is 0.0301. The number of nitrogens with one attached hydrogen (secondary N) is 2. The molecule has 2 rings (SSSR count). The Morgan fingerprint density at radius 2 is 1.95 bits per heavy atom. The Morgan fingerprint density at radius 1 is 1.33 bits per heavy atom. The van der Waals surface area contributed by atoms with Crippen LogP contribution in [-0.2, 0) is 9.84 Å². The van der Waals surface area contributed by atoms with Gasteiger partial charge in [0, 0.05) is 12.6 Å². The van der Waals surface area contributed by atoms with E-state index in [-0.39, 0.29) is 23.2 Å². The zero-order valence-corrected chi connectivity index (χ0v) is 12.5. The molecular formula is C12H18N4O4S. The second-order valence-electron chi connectivity index (χ2n) is 4.95. The highest BCUT2D eigenvalue weighted by atomic mass is 32.2. The van der Waals surface area contributed by atoms with E-state index in [1.54, 1.807) is 0 Å². The second-order valence-corrected chi connectivity index (χ2v) is 7.26. The number of pyridine rings is 1. The van der Waals surface area contributed by atoms with Gasteiger partial charge in [0.25, 0.3) is 5.69 Å². The molecule has 0 aliphatic carbocycles. The molecule has 8 nitrogen and oxygen atoms in total. The summed E-state index contributed by atoms with van der Waals surface area (Å²) in [6.45, 7) is 2.48. The van der Waals surface area contributed by atoms with Gasteiger partial charge in [-0.3, -0.25) is 10.1 Å². The molecule has 1 fully saturated rings. The van der Waals surface area contributed by atoms with Gasteiger partial charge in [-0.1, -0.05) is 0 Å². The van der Waals surface area contributed by atoms with E-state index >= 15 is 0 Å². The number of rotatable bonds is 5. The molecule has 1 aliphatic rings. The average molecular weight is 314 g/mol. The van der Waals surface area contributed by atoms with Gasteiger partial charge in [0.15, 0.2) is 0 Å². The van der Waals surface area contributed by atoms with Gasteiger partial charge < -0.3 is 10.6 Å². The summed E-state index contributed by atoms with van der Waals surface area (Å²) >= 11 is 0. The summed E-state index contributed by atoms with van der Waals surface area (Å²) in [6, 6.07) is 2.71. The minimum Gasteiger partial charge on any atom is -0.370 e. The lowest BCUT2D eigenvalue weighted by atomic mass is 10.1. The van der Waals surface area contributed by atoms with E-state index in [4.69, 9.17) is 0 Å². The first kappa shape index (κ1) is 15.5. The molecule has 21 heavy (non-hydrogen) atoms. The predicted molar refractivity (Wildman–Crippen MR) is 80.4 cm³/mol. The summed E-state index contributed by atoms with van der Waals surface area (Å²) in [7, 11) is -2.93. The largest absolute Gasteiger partial charge is 0.370 e. The van der Waals surface area contributed by atoms with Crippen LogP contribution in [0.2, 0.25) is 0 Å². The third-order valence-electron chi connectivity index (χ3n) is 3.29. The predicted octanol–water partition coefficient (Wildman–Crippen LogP) is 1.41. The fraction of sp³-hybridized carbons (Fsp3) is 0.583. The average Bonchev–Trinajstić information content (AvgIpc) is 2.41. The van der Waals surface area contributed by atoms with Crippen molar-refractivity contribution < 1.29 is 13.3 Å². The Morgan fingerprint density at radius 3 is 2.52 bits per heavy atom. The number of nitrogens with zero attached hydrogens (tertiary/aromatic N) is 2. The highest BCUT2D eigenvalue weighted by molar-refractivity contribution is 7.91. The number of aromatic nitrogens is 1. The molecule has 1 aromatic rings. The number of hydrogen-bond donors (Lipinski definition) is 2. The van der Waals surface area contributed by atoms with E-state index < -0.39 is 14.8 Å². The molecule has 1 saturated heterocycles. The number of anilines is 2. The molecule has 0 aromatic carbocycles. The topological polar surface area (TPSA) is 114 Å². The van der Waals surface area contributed by atoms with E-state index in [9.17, 15) is 18.5 Å². The molecule has 0 saturated carbocycles. The van der Waals surface area contributed by atoms with Crippen LogP contribution in [0.1, 0.15) is 19.8 Å². The van der Waals surface area contributed by atoms with Crippen molar-refractivity contribution in [3.8, 4) is 0 Å². The SMILES string of the molecule is CCNc1cc([N+](=O)[O-])cc(NC2CCS(=O)(=O)CC2)n1. The van der Waals surface area contributed by atoms with Crippen LogP contribution < -0.4 is 10.6 Å². The molecular weight excluding hydrogens is 296 g/mol. The van der Waals surface area contributed by atoms with Crippen LogP contribution >= 0.6 is 0 Å². The van der Waals surface area contributed by atoms with Gasteiger partial charge in [-0.15, -0.1) is 0 Å². The molecule has 0 unspecified atom stereocenters. The van der Waals surface area contributed by atoms with E-state index in [2.05, 4.69) is 15.6 Å². The van der Waals surface area contributed by atoms with Crippen LogP contribution in [0.25, 0.3) is 0 Å². The van der Waals surface area contributed by atoms with Gasteiger partial charge in [-0.2, -0.15) is 0 Å². The molecule has 0 spiro atoms. The van der Waals surface area contributed by atoms with E-state index in [0.717, 1.165) is 0 Å². The zero-order valence-electron chi connectivity index (χ0n) is 11.7. The normalized spacial score (nSPS) is 18.1. The van der Waals surface area contributed by atoms with Crippen LogP contribution in [0.4, 0.5) is 17.3 Å². The van der Waals surface area contributed by atoms with Gasteiger partial charge in [0.1, 0.15) is 21.5 Å². The summed E-state index contributed by atoms with van der Waals surface area (Å²) in [5, 5.41) is 17.0. The highest BCUT2D eigenvalue weighted by Crippen LogP contribution is 2.23. The standard InChI is InChI=1S/C12H18N4O4S/c1-2-13-11-7-10(16(17)18)8-12(15-11)14-9-3-5-21(19,20)6-4-9/h7-9H,2-6H2,1H3,(H2,13,14,15). The van der Waals surface area contributed by atoms with Crippen molar-refractivity contribution in [1.29, 1.82) is 0 Å². The molecule has 0 radical (unpaired) electrons. The maximum absolute atomic E-state index is 11.4. The lowest BCUT2D eigenvalue weighted by molar-refractivity contribution is -0.384. The molecule has 0 bridgehead atoms.